The summed E-state index contributed by atoms with van der Waals surface area (Å²) in [5, 5.41) is 13.0. The van der Waals surface area contributed by atoms with Gasteiger partial charge >= 0.3 is 11.9 Å². The Labute approximate surface area is 531 Å². The van der Waals surface area contributed by atoms with Crippen molar-refractivity contribution >= 4 is 53.0 Å². The highest BCUT2D eigenvalue weighted by Crippen LogP contribution is 2.41. The standard InChI is InChI=1S/C70H83N5O16/c1-70(2)45-90-62(80)27-16-17-36-72(3)67(83)54(39-47-22-13-10-14-23-47)71-60(78)43-73(4)66(82)51(38-46-20-11-9-12-21-46)42-57(77)56(40-48-28-32-52(76)33-29-48)74(5)61(79)44-89-53-25-19-24-50(41-53)58(34-30-49-31-35-59(86-6)64(88-8)63(49)87-7)91-69(85)55-26-15-18-37-75(55)68(84)65(70)81/h9-14,16,19-25,27-29,31-33,35,41,51,54-56,58,76H,15,17-18,26,30,34,36-40,42-45H2,1-8H3,(H,71,78)/t51-,54+,55-,56-,58+/m0/s1. The third-order valence-electron chi connectivity index (χ3n) is 16.4. The molecule has 21 heteroatoms. The average molecular weight is 1250 g/mol. The fourth-order valence-electron chi connectivity index (χ4n) is 11.2. The normalized spacial score (nSPS) is 21.0. The largest absolute Gasteiger partial charge is 0.508 e. The van der Waals surface area contributed by atoms with Gasteiger partial charge in [-0.05, 0) is 123 Å². The molecule has 5 aromatic carbocycles. The van der Waals surface area contributed by atoms with Gasteiger partial charge in [-0.15, -0.1) is 0 Å². The molecule has 0 aliphatic carbocycles. The van der Waals surface area contributed by atoms with Crippen molar-refractivity contribution < 1.29 is 76.7 Å². The number of fused-ring (bicyclic) bond motifs is 3. The third kappa shape index (κ3) is 19.0. The predicted molar refractivity (Wildman–Crippen MR) is 337 cm³/mol. The van der Waals surface area contributed by atoms with Crippen molar-refractivity contribution in [3.63, 3.8) is 0 Å². The van der Waals surface area contributed by atoms with Gasteiger partial charge in [0, 0.05) is 59.1 Å². The van der Waals surface area contributed by atoms with E-state index in [0.717, 1.165) is 17.2 Å². The molecule has 5 atom stereocenters. The minimum Gasteiger partial charge on any atom is -0.508 e. The number of rotatable bonds is 12. The number of aryl methyl sites for hydroxylation is 1. The van der Waals surface area contributed by atoms with Gasteiger partial charge in [-0.1, -0.05) is 97.1 Å². The summed E-state index contributed by atoms with van der Waals surface area (Å²) >= 11 is 0. The maximum atomic E-state index is 15.0. The van der Waals surface area contributed by atoms with Crippen molar-refractivity contribution in [2.24, 2.45) is 11.3 Å². The molecule has 0 spiro atoms. The van der Waals surface area contributed by atoms with Gasteiger partial charge in [0.1, 0.15) is 36.3 Å². The van der Waals surface area contributed by atoms with Gasteiger partial charge < -0.3 is 58.4 Å². The molecule has 0 aromatic heterocycles. The Kier molecular flexibility index (Phi) is 24.9. The molecular weight excluding hydrogens is 1170 g/mol. The number of hydrogen-bond acceptors (Lipinski definition) is 16. The first kappa shape index (κ1) is 69.0. The zero-order valence-corrected chi connectivity index (χ0v) is 53.1. The molecule has 21 nitrogen and oxygen atoms in total. The Hall–Kier alpha value is -9.53. The second kappa shape index (κ2) is 32.8. The number of ether oxygens (including phenoxy) is 6. The van der Waals surface area contributed by atoms with E-state index >= 15 is 0 Å². The van der Waals surface area contributed by atoms with Crippen LogP contribution in [0.25, 0.3) is 0 Å². The van der Waals surface area contributed by atoms with Crippen LogP contribution in [0, 0.1) is 11.3 Å². The fourth-order valence-corrected chi connectivity index (χ4v) is 11.2. The molecule has 0 unspecified atom stereocenters. The Morgan fingerprint density at radius 2 is 1.35 bits per heavy atom. The minimum absolute atomic E-state index is 0.0106. The number of nitrogens with zero attached hydrogens (tertiary/aromatic N) is 4. The van der Waals surface area contributed by atoms with Crippen molar-refractivity contribution in [1.82, 2.24) is 24.9 Å². The van der Waals surface area contributed by atoms with Crippen LogP contribution in [-0.2, 0) is 78.3 Å². The number of hydrogen-bond donors (Lipinski definition) is 2. The Morgan fingerprint density at radius 1 is 0.681 bits per heavy atom. The van der Waals surface area contributed by atoms with Crippen molar-refractivity contribution in [1.29, 1.82) is 0 Å². The first-order valence-electron chi connectivity index (χ1n) is 30.4. The molecule has 1 fully saturated rings. The summed E-state index contributed by atoms with van der Waals surface area (Å²) in [7, 11) is 8.93. The van der Waals surface area contributed by atoms with Gasteiger partial charge in [-0.2, -0.15) is 0 Å². The van der Waals surface area contributed by atoms with E-state index in [9.17, 15) is 48.3 Å². The summed E-state index contributed by atoms with van der Waals surface area (Å²) in [5.74, 6) is -5.79. The zero-order chi connectivity index (χ0) is 65.8. The number of nitrogens with one attached hydrogen (secondary N) is 1. The quantitative estimate of drug-likeness (QED) is 0.0939. The average Bonchev–Trinajstić information content (AvgIpc) is 1.37. The molecule has 2 aliphatic rings. The SMILES string of the molecule is COc1ccc(CC[C@H]2OC(=O)[C@@H]3CCCCN3C(=O)C(=O)C(C)(C)COC(=O)C=CCCN(C)C(=O)[C@@H](Cc3ccccc3)NC(=O)CN(C)C(=O)[C@@H](Cc3ccccc3)CC(=O)[C@H](Cc3ccc(O)cc3)N(C)C(=O)COc3cccc2c3)c(OC)c1OC. The van der Waals surface area contributed by atoms with Crippen LogP contribution in [0.5, 0.6) is 28.7 Å². The molecule has 2 heterocycles. The second-order valence-corrected chi connectivity index (χ2v) is 23.6. The number of carbonyl (C=O) groups excluding carboxylic acids is 9. The number of benzene rings is 5. The van der Waals surface area contributed by atoms with Crippen LogP contribution in [0.3, 0.4) is 0 Å². The zero-order valence-electron chi connectivity index (χ0n) is 53.1. The van der Waals surface area contributed by atoms with E-state index in [1.807, 2.05) is 36.4 Å². The van der Waals surface area contributed by atoms with Crippen LogP contribution < -0.4 is 24.3 Å². The third-order valence-corrected chi connectivity index (χ3v) is 16.4. The van der Waals surface area contributed by atoms with Crippen molar-refractivity contribution in [3.05, 3.63) is 161 Å². The Balaban J connectivity index is 1.23. The lowest BCUT2D eigenvalue weighted by Gasteiger charge is -2.36. The number of phenolic OH excluding ortho intramolecular Hbond substituents is 1. The fraction of sp³-hybridized carbons (Fsp3) is 0.414. The van der Waals surface area contributed by atoms with E-state index in [4.69, 9.17) is 28.4 Å². The summed E-state index contributed by atoms with van der Waals surface area (Å²) in [4.78, 5) is 134. The molecule has 0 saturated carbocycles. The van der Waals surface area contributed by atoms with Crippen molar-refractivity contribution in [2.75, 3.05) is 75.3 Å². The number of carbonyl (C=O) groups is 9. The molecule has 5 aromatic rings. The summed E-state index contributed by atoms with van der Waals surface area (Å²) in [6.07, 6.45) is 3.30. The topological polar surface area (TPSA) is 254 Å². The lowest BCUT2D eigenvalue weighted by molar-refractivity contribution is -0.165. The maximum Gasteiger partial charge on any atom is 0.330 e. The minimum atomic E-state index is -1.53. The Bertz CT molecular complexity index is 3390. The first-order valence-corrected chi connectivity index (χ1v) is 30.4. The van der Waals surface area contributed by atoms with E-state index in [1.54, 1.807) is 79.8 Å². The van der Waals surface area contributed by atoms with Gasteiger partial charge in [0.05, 0.1) is 39.3 Å². The summed E-state index contributed by atoms with van der Waals surface area (Å²) in [6, 6.07) is 31.0. The van der Waals surface area contributed by atoms with Crippen LogP contribution in [0.2, 0.25) is 0 Å². The smallest absolute Gasteiger partial charge is 0.330 e. The van der Waals surface area contributed by atoms with Gasteiger partial charge in [-0.25, -0.2) is 9.59 Å². The van der Waals surface area contributed by atoms with Crippen LogP contribution in [0.1, 0.15) is 86.3 Å². The molecule has 2 bridgehead atoms. The number of phenols is 1. The van der Waals surface area contributed by atoms with E-state index < -0.39 is 108 Å². The summed E-state index contributed by atoms with van der Waals surface area (Å²) < 4.78 is 35.0. The second-order valence-electron chi connectivity index (χ2n) is 23.6. The van der Waals surface area contributed by atoms with Gasteiger partial charge in [0.15, 0.2) is 23.9 Å². The first-order chi connectivity index (χ1) is 43.6. The number of piperidine rings is 1. The molecule has 91 heavy (non-hydrogen) atoms. The number of aromatic hydroxyl groups is 1. The maximum absolute atomic E-state index is 15.0. The number of likely N-dealkylation sites (N-methyl/N-ethyl adjacent to an activating group) is 3. The van der Waals surface area contributed by atoms with E-state index in [1.165, 1.54) is 87.1 Å². The molecule has 5 amide bonds. The molecule has 2 N–H and O–H groups in total. The summed E-state index contributed by atoms with van der Waals surface area (Å²) in [5.41, 5.74) is 1.70. The van der Waals surface area contributed by atoms with Crippen LogP contribution in [0.4, 0.5) is 0 Å². The van der Waals surface area contributed by atoms with Gasteiger partial charge in [-0.3, -0.25) is 33.6 Å². The molecular formula is C70H83N5O16. The lowest BCUT2D eigenvalue weighted by Crippen LogP contribution is -2.53. The number of methoxy groups -OCH3 is 3. The van der Waals surface area contributed by atoms with Gasteiger partial charge in [0.2, 0.25) is 29.3 Å². The van der Waals surface area contributed by atoms with Crippen LogP contribution >= 0.6 is 0 Å². The van der Waals surface area contributed by atoms with Crippen molar-refractivity contribution in [2.45, 2.75) is 102 Å². The number of Topliss-reactive ketones (excluding diaryl/α,β-unsaturated/α-hetero) is 2. The van der Waals surface area contributed by atoms with E-state index in [-0.39, 0.29) is 76.0 Å². The molecule has 2 aliphatic heterocycles. The molecule has 484 valence electrons. The molecule has 1 saturated heterocycles. The highest BCUT2D eigenvalue weighted by atomic mass is 16.6. The Morgan fingerprint density at radius 3 is 2.02 bits per heavy atom. The van der Waals surface area contributed by atoms with Gasteiger partial charge in [0.25, 0.3) is 11.8 Å². The number of amides is 5. The molecule has 7 rings (SSSR count). The predicted octanol–water partition coefficient (Wildman–Crippen LogP) is 7.03. The number of ketones is 2. The molecule has 0 radical (unpaired) electrons. The summed E-state index contributed by atoms with van der Waals surface area (Å²) in [6.45, 7) is 1.59. The highest BCUT2D eigenvalue weighted by molar-refractivity contribution is 6.38. The monoisotopic (exact) mass is 1250 g/mol. The lowest BCUT2D eigenvalue weighted by atomic mass is 9.87. The van der Waals surface area contributed by atoms with E-state index in [0.29, 0.717) is 46.8 Å². The van der Waals surface area contributed by atoms with Crippen LogP contribution in [0.15, 0.2) is 133 Å². The number of esters is 2. The van der Waals surface area contributed by atoms with Crippen LogP contribution in [-0.4, -0.2) is 171 Å². The van der Waals surface area contributed by atoms with E-state index in [2.05, 4.69) is 5.32 Å². The number of cyclic esters (lactones) is 2. The van der Waals surface area contributed by atoms with Crippen molar-refractivity contribution in [3.8, 4) is 28.7 Å². The highest BCUT2D eigenvalue weighted by Gasteiger charge is 2.43.